The molecule has 3 aromatic carbocycles. The zero-order chi connectivity index (χ0) is 22.7. The van der Waals surface area contributed by atoms with Crippen LogP contribution in [0.3, 0.4) is 0 Å². The van der Waals surface area contributed by atoms with E-state index in [1.807, 2.05) is 73.6 Å². The van der Waals surface area contributed by atoms with Gasteiger partial charge in [0, 0.05) is 36.9 Å². The van der Waals surface area contributed by atoms with Crippen molar-refractivity contribution in [2.75, 3.05) is 24.3 Å². The van der Waals surface area contributed by atoms with Gasteiger partial charge in [-0.1, -0.05) is 54.1 Å². The summed E-state index contributed by atoms with van der Waals surface area (Å²) in [6.07, 6.45) is 0. The average Bonchev–Trinajstić information content (AvgIpc) is 3.24. The van der Waals surface area contributed by atoms with Crippen molar-refractivity contribution in [3.8, 4) is 11.4 Å². The van der Waals surface area contributed by atoms with Gasteiger partial charge in [-0.25, -0.2) is 0 Å². The van der Waals surface area contributed by atoms with E-state index in [-0.39, 0.29) is 10.8 Å². The number of rotatable bonds is 7. The van der Waals surface area contributed by atoms with E-state index < -0.39 is 10.0 Å². The van der Waals surface area contributed by atoms with Crippen molar-refractivity contribution < 1.29 is 8.42 Å². The van der Waals surface area contributed by atoms with Gasteiger partial charge in [0.1, 0.15) is 0 Å². The first-order valence-corrected chi connectivity index (χ1v) is 11.7. The molecular weight excluding hydrogens is 446 g/mol. The lowest BCUT2D eigenvalue weighted by Gasteiger charge is -2.13. The number of anilines is 2. The quantitative estimate of drug-likeness (QED) is 0.430. The lowest BCUT2D eigenvalue weighted by Crippen LogP contribution is -2.18. The van der Waals surface area contributed by atoms with Crippen LogP contribution >= 0.6 is 11.6 Å². The first-order valence-electron chi connectivity index (χ1n) is 9.88. The summed E-state index contributed by atoms with van der Waals surface area (Å²) in [6.45, 7) is 0.386. The maximum Gasteiger partial charge on any atom is 0.286 e. The van der Waals surface area contributed by atoms with Crippen LogP contribution in [0.2, 0.25) is 5.02 Å². The molecule has 0 amide bonds. The van der Waals surface area contributed by atoms with Crippen molar-refractivity contribution >= 4 is 33.3 Å². The summed E-state index contributed by atoms with van der Waals surface area (Å²) in [7, 11) is -0.0313. The van der Waals surface area contributed by atoms with E-state index in [1.165, 1.54) is 24.3 Å². The van der Waals surface area contributed by atoms with Gasteiger partial charge in [-0.05, 0) is 42.0 Å². The third kappa shape index (κ3) is 4.61. The van der Waals surface area contributed by atoms with Crippen molar-refractivity contribution in [2.45, 2.75) is 11.4 Å². The molecule has 0 aliphatic rings. The molecule has 0 saturated carbocycles. The van der Waals surface area contributed by atoms with Crippen LogP contribution in [-0.2, 0) is 16.6 Å². The largest absolute Gasteiger partial charge is 0.378 e. The maximum absolute atomic E-state index is 13.3. The normalized spacial score (nSPS) is 11.3. The molecule has 4 rings (SSSR count). The molecule has 0 bridgehead atoms. The van der Waals surface area contributed by atoms with E-state index in [0.29, 0.717) is 17.4 Å². The fourth-order valence-electron chi connectivity index (χ4n) is 3.08. The Hall–Kier alpha value is -3.36. The Labute approximate surface area is 192 Å². The van der Waals surface area contributed by atoms with Crippen LogP contribution in [0.15, 0.2) is 83.8 Å². The lowest BCUT2D eigenvalue weighted by atomic mass is 10.2. The molecule has 32 heavy (non-hydrogen) atoms. The van der Waals surface area contributed by atoms with Crippen molar-refractivity contribution in [1.82, 2.24) is 14.2 Å². The second-order valence-corrected chi connectivity index (χ2v) is 9.55. The SMILES string of the molecule is CN(C)c1ccc(CNc2nc(-c3ccccc3)nn2S(=O)(=O)c2ccc(Cl)cc2)cc1. The van der Waals surface area contributed by atoms with E-state index >= 15 is 0 Å². The summed E-state index contributed by atoms with van der Waals surface area (Å²) in [5.74, 6) is 0.448. The molecule has 0 saturated heterocycles. The topological polar surface area (TPSA) is 80.1 Å². The second-order valence-electron chi connectivity index (χ2n) is 7.34. The molecule has 0 aliphatic carbocycles. The Bertz CT molecular complexity index is 1300. The van der Waals surface area contributed by atoms with Crippen LogP contribution in [0.4, 0.5) is 11.6 Å². The molecule has 0 unspecified atom stereocenters. The molecule has 0 atom stereocenters. The van der Waals surface area contributed by atoms with Crippen LogP contribution in [0, 0.1) is 0 Å². The van der Waals surface area contributed by atoms with Crippen molar-refractivity contribution in [3.63, 3.8) is 0 Å². The highest BCUT2D eigenvalue weighted by Crippen LogP contribution is 2.24. The van der Waals surface area contributed by atoms with Crippen LogP contribution in [-0.4, -0.2) is 36.7 Å². The van der Waals surface area contributed by atoms with Gasteiger partial charge in [0.2, 0.25) is 5.95 Å². The number of nitrogens with zero attached hydrogens (tertiary/aromatic N) is 4. The summed E-state index contributed by atoms with van der Waals surface area (Å²) in [5.41, 5.74) is 2.78. The standard InChI is InChI=1S/C23H22ClN5O2S/c1-28(2)20-12-8-17(9-13-20)16-25-23-26-22(18-6-4-3-5-7-18)27-29(23)32(30,31)21-14-10-19(24)11-15-21/h3-15H,16H2,1-2H3,(H,25,26,27). The molecule has 0 radical (unpaired) electrons. The van der Waals surface area contributed by atoms with Crippen LogP contribution in [0.25, 0.3) is 11.4 Å². The van der Waals surface area contributed by atoms with Gasteiger partial charge in [-0.2, -0.15) is 13.4 Å². The number of hydrogen-bond donors (Lipinski definition) is 1. The van der Waals surface area contributed by atoms with Crippen LogP contribution in [0.5, 0.6) is 0 Å². The molecule has 0 fully saturated rings. The van der Waals surface area contributed by atoms with Gasteiger partial charge in [0.15, 0.2) is 5.82 Å². The van der Waals surface area contributed by atoms with Crippen LogP contribution < -0.4 is 10.2 Å². The number of nitrogens with one attached hydrogen (secondary N) is 1. The molecule has 4 aromatic rings. The van der Waals surface area contributed by atoms with E-state index in [2.05, 4.69) is 15.4 Å². The van der Waals surface area contributed by atoms with E-state index in [9.17, 15) is 8.42 Å². The highest BCUT2D eigenvalue weighted by molar-refractivity contribution is 7.90. The first kappa shape index (κ1) is 21.9. The van der Waals surface area contributed by atoms with Crippen LogP contribution in [0.1, 0.15) is 5.56 Å². The highest BCUT2D eigenvalue weighted by atomic mass is 35.5. The second kappa shape index (κ2) is 9.02. The summed E-state index contributed by atoms with van der Waals surface area (Å²) >= 11 is 5.93. The third-order valence-corrected chi connectivity index (χ3v) is 6.68. The minimum Gasteiger partial charge on any atom is -0.378 e. The number of halogens is 1. The Balaban J connectivity index is 1.70. The van der Waals surface area contributed by atoms with Gasteiger partial charge in [-0.15, -0.1) is 9.19 Å². The Morgan fingerprint density at radius 3 is 2.22 bits per heavy atom. The monoisotopic (exact) mass is 467 g/mol. The van der Waals surface area contributed by atoms with E-state index in [4.69, 9.17) is 11.6 Å². The van der Waals surface area contributed by atoms with Crippen molar-refractivity contribution in [3.05, 3.63) is 89.4 Å². The van der Waals surface area contributed by atoms with Gasteiger partial charge >= 0.3 is 0 Å². The first-order chi connectivity index (χ1) is 15.3. The average molecular weight is 468 g/mol. The summed E-state index contributed by atoms with van der Waals surface area (Å²) < 4.78 is 27.6. The van der Waals surface area contributed by atoms with Crippen molar-refractivity contribution in [1.29, 1.82) is 0 Å². The van der Waals surface area contributed by atoms with Gasteiger partial charge < -0.3 is 10.2 Å². The maximum atomic E-state index is 13.3. The zero-order valence-corrected chi connectivity index (χ0v) is 19.2. The van der Waals surface area contributed by atoms with E-state index in [0.717, 1.165) is 20.9 Å². The van der Waals surface area contributed by atoms with E-state index in [1.54, 1.807) is 0 Å². The molecule has 0 aliphatic heterocycles. The number of benzene rings is 3. The number of aromatic nitrogens is 3. The van der Waals surface area contributed by atoms with Crippen molar-refractivity contribution in [2.24, 2.45) is 0 Å². The zero-order valence-electron chi connectivity index (χ0n) is 17.6. The Kier molecular flexibility index (Phi) is 6.16. The molecule has 7 nitrogen and oxygen atoms in total. The molecule has 1 N–H and O–H groups in total. The summed E-state index contributed by atoms with van der Waals surface area (Å²) in [5, 5.41) is 7.89. The smallest absolute Gasteiger partial charge is 0.286 e. The molecule has 164 valence electrons. The predicted molar refractivity (Wildman–Crippen MR) is 128 cm³/mol. The highest BCUT2D eigenvalue weighted by Gasteiger charge is 2.24. The fraction of sp³-hybridized carbons (Fsp3) is 0.130. The predicted octanol–water partition coefficient (Wildman–Crippen LogP) is 4.51. The van der Waals surface area contributed by atoms with Gasteiger partial charge in [-0.3, -0.25) is 0 Å². The lowest BCUT2D eigenvalue weighted by molar-refractivity contribution is 0.580. The van der Waals surface area contributed by atoms with Gasteiger partial charge in [0.25, 0.3) is 10.0 Å². The fourth-order valence-corrected chi connectivity index (χ4v) is 4.41. The Morgan fingerprint density at radius 2 is 1.59 bits per heavy atom. The summed E-state index contributed by atoms with van der Waals surface area (Å²) in [6, 6.07) is 23.2. The minimum atomic E-state index is -3.98. The molecule has 0 spiro atoms. The molecular formula is C23H22ClN5O2S. The summed E-state index contributed by atoms with van der Waals surface area (Å²) in [4.78, 5) is 6.56. The molecule has 1 aromatic heterocycles. The molecule has 1 heterocycles. The number of hydrogen-bond acceptors (Lipinski definition) is 6. The minimum absolute atomic E-state index is 0.0739. The third-order valence-electron chi connectivity index (χ3n) is 4.85. The van der Waals surface area contributed by atoms with Gasteiger partial charge in [0.05, 0.1) is 4.90 Å². The molecule has 9 heteroatoms. The Morgan fingerprint density at radius 1 is 0.938 bits per heavy atom.